The van der Waals surface area contributed by atoms with E-state index in [0.717, 1.165) is 35.5 Å². The fraction of sp³-hybridized carbons (Fsp3) is 0.368. The molecule has 1 heterocycles. The van der Waals surface area contributed by atoms with Gasteiger partial charge in [-0.1, -0.05) is 13.8 Å². The molecule has 0 spiro atoms. The molecule has 1 aliphatic heterocycles. The maximum atomic E-state index is 13.8. The summed E-state index contributed by atoms with van der Waals surface area (Å²) >= 11 is 3.50. The molecule has 1 aliphatic rings. The van der Waals surface area contributed by atoms with Crippen molar-refractivity contribution in [3.05, 3.63) is 57.6 Å². The first-order valence-electron chi connectivity index (χ1n) is 8.10. The van der Waals surface area contributed by atoms with Crippen molar-refractivity contribution in [1.82, 2.24) is 5.32 Å². The van der Waals surface area contributed by atoms with Crippen molar-refractivity contribution < 1.29 is 13.5 Å². The van der Waals surface area contributed by atoms with Gasteiger partial charge in [-0.15, -0.1) is 0 Å². The second kappa shape index (κ2) is 7.19. The fourth-order valence-electron chi connectivity index (χ4n) is 3.07. The van der Waals surface area contributed by atoms with E-state index in [-0.39, 0.29) is 5.75 Å². The van der Waals surface area contributed by atoms with E-state index in [1.807, 2.05) is 12.1 Å². The van der Waals surface area contributed by atoms with E-state index < -0.39 is 11.6 Å². The van der Waals surface area contributed by atoms with E-state index in [0.29, 0.717) is 17.7 Å². The first kappa shape index (κ1) is 17.4. The molecule has 0 saturated carbocycles. The van der Waals surface area contributed by atoms with Gasteiger partial charge >= 0.3 is 0 Å². The molecule has 5 heteroatoms. The summed E-state index contributed by atoms with van der Waals surface area (Å²) in [7, 11) is 0. The third kappa shape index (κ3) is 3.95. The van der Waals surface area contributed by atoms with Crippen molar-refractivity contribution in [3.8, 4) is 11.5 Å². The van der Waals surface area contributed by atoms with Gasteiger partial charge in [0.1, 0.15) is 11.6 Å². The lowest BCUT2D eigenvalue weighted by Crippen LogP contribution is -2.36. The summed E-state index contributed by atoms with van der Waals surface area (Å²) in [4.78, 5) is 0. The molecule has 1 unspecified atom stereocenters. The third-order valence-corrected chi connectivity index (χ3v) is 4.79. The normalized spacial score (nSPS) is 17.0. The number of hydrogen-bond donors (Lipinski definition) is 1. The molecule has 24 heavy (non-hydrogen) atoms. The largest absolute Gasteiger partial charge is 0.453 e. The van der Waals surface area contributed by atoms with Gasteiger partial charge in [0.2, 0.25) is 0 Å². The molecule has 2 nitrogen and oxygen atoms in total. The quantitative estimate of drug-likeness (QED) is 0.729. The summed E-state index contributed by atoms with van der Waals surface area (Å²) < 4.78 is 33.2. The molecular weight excluding hydrogens is 376 g/mol. The molecule has 0 radical (unpaired) electrons. The van der Waals surface area contributed by atoms with Crippen molar-refractivity contribution >= 4 is 15.9 Å². The highest BCUT2D eigenvalue weighted by Crippen LogP contribution is 2.35. The van der Waals surface area contributed by atoms with E-state index in [1.165, 1.54) is 17.7 Å². The first-order valence-corrected chi connectivity index (χ1v) is 8.89. The van der Waals surface area contributed by atoms with E-state index in [2.05, 4.69) is 35.1 Å². The molecule has 0 bridgehead atoms. The minimum absolute atomic E-state index is 0.0125. The molecule has 3 rings (SSSR count). The minimum Gasteiger partial charge on any atom is -0.453 e. The Bertz CT molecular complexity index is 748. The van der Waals surface area contributed by atoms with E-state index in [9.17, 15) is 8.78 Å². The third-order valence-electron chi connectivity index (χ3n) is 4.17. The van der Waals surface area contributed by atoms with E-state index in [1.54, 1.807) is 0 Å². The Morgan fingerprint density at radius 3 is 2.67 bits per heavy atom. The van der Waals surface area contributed by atoms with Crippen LogP contribution in [0.1, 0.15) is 31.4 Å². The lowest BCUT2D eigenvalue weighted by Gasteiger charge is -2.28. The van der Waals surface area contributed by atoms with Crippen LogP contribution in [0.25, 0.3) is 0 Å². The number of rotatable bonds is 4. The van der Waals surface area contributed by atoms with Gasteiger partial charge in [-0.3, -0.25) is 0 Å². The van der Waals surface area contributed by atoms with Gasteiger partial charge in [0.05, 0.1) is 4.47 Å². The number of benzene rings is 2. The molecule has 128 valence electrons. The van der Waals surface area contributed by atoms with Gasteiger partial charge in [-0.05, 0) is 70.1 Å². The Kier molecular flexibility index (Phi) is 5.21. The molecule has 0 aromatic heterocycles. The predicted molar refractivity (Wildman–Crippen MR) is 94.4 cm³/mol. The molecule has 0 aliphatic carbocycles. The van der Waals surface area contributed by atoms with Crippen LogP contribution >= 0.6 is 15.9 Å². The van der Waals surface area contributed by atoms with Crippen LogP contribution in [0.15, 0.2) is 34.8 Å². The van der Waals surface area contributed by atoms with Crippen molar-refractivity contribution in [2.45, 2.75) is 39.3 Å². The molecule has 0 amide bonds. The van der Waals surface area contributed by atoms with Crippen molar-refractivity contribution in [3.63, 3.8) is 0 Å². The van der Waals surface area contributed by atoms with Crippen molar-refractivity contribution in [1.29, 1.82) is 0 Å². The van der Waals surface area contributed by atoms with Crippen LogP contribution in [0.5, 0.6) is 11.5 Å². The Hall–Kier alpha value is -1.46. The van der Waals surface area contributed by atoms with Gasteiger partial charge < -0.3 is 10.1 Å². The van der Waals surface area contributed by atoms with Gasteiger partial charge in [-0.2, -0.15) is 0 Å². The molecule has 0 saturated heterocycles. The molecule has 0 fully saturated rings. The zero-order chi connectivity index (χ0) is 17.3. The zero-order valence-electron chi connectivity index (χ0n) is 13.7. The number of fused-ring (bicyclic) bond motifs is 1. The number of ether oxygens (including phenoxy) is 1. The van der Waals surface area contributed by atoms with Gasteiger partial charge in [0.25, 0.3) is 0 Å². The smallest absolute Gasteiger partial charge is 0.168 e. The lowest BCUT2D eigenvalue weighted by molar-refractivity contribution is 0.395. The Balaban J connectivity index is 1.82. The van der Waals surface area contributed by atoms with Gasteiger partial charge in [0, 0.05) is 18.7 Å². The second-order valence-corrected chi connectivity index (χ2v) is 7.49. The molecular formula is C19H20BrF2NO. The lowest BCUT2D eigenvalue weighted by atomic mass is 9.91. The molecule has 1 N–H and O–H groups in total. The first-order chi connectivity index (χ1) is 11.4. The summed E-state index contributed by atoms with van der Waals surface area (Å²) in [6.45, 7) is 5.21. The van der Waals surface area contributed by atoms with Crippen LogP contribution in [0, 0.1) is 17.6 Å². The van der Waals surface area contributed by atoms with Crippen LogP contribution in [0.3, 0.4) is 0 Å². The van der Waals surface area contributed by atoms with E-state index in [4.69, 9.17) is 4.74 Å². The van der Waals surface area contributed by atoms with Crippen molar-refractivity contribution in [2.75, 3.05) is 0 Å². The van der Waals surface area contributed by atoms with Gasteiger partial charge in [0.15, 0.2) is 11.6 Å². The van der Waals surface area contributed by atoms with Crippen LogP contribution in [0.4, 0.5) is 8.78 Å². The highest BCUT2D eigenvalue weighted by Gasteiger charge is 2.21. The van der Waals surface area contributed by atoms with Crippen LogP contribution in [-0.2, 0) is 13.0 Å². The van der Waals surface area contributed by atoms with E-state index >= 15 is 0 Å². The maximum absolute atomic E-state index is 13.8. The number of halogens is 3. The summed E-state index contributed by atoms with van der Waals surface area (Å²) in [5, 5.41) is 3.54. The standard InChI is InChI=1S/C19H20BrF2NO/c1-11(2)5-15-6-12-7-16(20)19(8-13(12)10-23-15)24-18-4-3-14(21)9-17(18)22/h3-4,7-9,11,15,23H,5-6,10H2,1-2H3. The number of nitrogens with one attached hydrogen (secondary N) is 1. The molecule has 1 atom stereocenters. The predicted octanol–water partition coefficient (Wildman–Crippen LogP) is 5.58. The average Bonchev–Trinajstić information content (AvgIpc) is 2.50. The van der Waals surface area contributed by atoms with Crippen LogP contribution in [-0.4, -0.2) is 6.04 Å². The Morgan fingerprint density at radius 1 is 1.17 bits per heavy atom. The fourth-order valence-corrected chi connectivity index (χ4v) is 3.55. The maximum Gasteiger partial charge on any atom is 0.168 e. The summed E-state index contributed by atoms with van der Waals surface area (Å²) in [6.07, 6.45) is 2.10. The highest BCUT2D eigenvalue weighted by molar-refractivity contribution is 9.10. The van der Waals surface area contributed by atoms with Crippen LogP contribution in [0.2, 0.25) is 0 Å². The summed E-state index contributed by atoms with van der Waals surface area (Å²) in [6, 6.07) is 7.74. The van der Waals surface area contributed by atoms with Gasteiger partial charge in [-0.25, -0.2) is 8.78 Å². The highest BCUT2D eigenvalue weighted by atomic mass is 79.9. The number of hydrogen-bond acceptors (Lipinski definition) is 2. The summed E-state index contributed by atoms with van der Waals surface area (Å²) in [5.41, 5.74) is 2.42. The monoisotopic (exact) mass is 395 g/mol. The van der Waals surface area contributed by atoms with Crippen molar-refractivity contribution in [2.24, 2.45) is 5.92 Å². The minimum atomic E-state index is -0.713. The zero-order valence-corrected chi connectivity index (χ0v) is 15.3. The Labute approximate surface area is 149 Å². The summed E-state index contributed by atoms with van der Waals surface area (Å²) in [5.74, 6) is -0.141. The SMILES string of the molecule is CC(C)CC1Cc2cc(Br)c(Oc3ccc(F)cc3F)cc2CN1. The topological polar surface area (TPSA) is 21.3 Å². The second-order valence-electron chi connectivity index (χ2n) is 6.64. The Morgan fingerprint density at radius 2 is 1.96 bits per heavy atom. The van der Waals surface area contributed by atoms with Crippen LogP contribution < -0.4 is 10.1 Å². The average molecular weight is 396 g/mol. The molecule has 2 aromatic rings. The molecule has 2 aromatic carbocycles.